The van der Waals surface area contributed by atoms with Crippen LogP contribution in [-0.2, 0) is 18.4 Å². The number of carbonyl (C=O) groups is 2. The van der Waals surface area contributed by atoms with Crippen molar-refractivity contribution in [2.24, 2.45) is 13.0 Å². The molecule has 7 nitrogen and oxygen atoms in total. The first-order valence-electron chi connectivity index (χ1n) is 7.15. The Hall–Kier alpha value is -2.05. The lowest BCUT2D eigenvalue weighted by Crippen LogP contribution is -2.53. The molecule has 1 aliphatic heterocycles. The fourth-order valence-corrected chi connectivity index (χ4v) is 2.61. The van der Waals surface area contributed by atoms with Gasteiger partial charge in [-0.1, -0.05) is 6.92 Å². The van der Waals surface area contributed by atoms with Gasteiger partial charge in [0.05, 0.1) is 6.20 Å². The fraction of sp³-hybridized carbons (Fsp3) is 0.643. The highest BCUT2D eigenvalue weighted by molar-refractivity contribution is 5.82. The van der Waals surface area contributed by atoms with Crippen molar-refractivity contribution >= 4 is 12.0 Å². The minimum atomic E-state index is -0.936. The number of carbonyl (C=O) groups excluding carboxylic acids is 1. The van der Waals surface area contributed by atoms with Crippen LogP contribution in [0.15, 0.2) is 6.20 Å². The van der Waals surface area contributed by atoms with Crippen LogP contribution in [-0.4, -0.2) is 44.4 Å². The third kappa shape index (κ3) is 3.34. The average molecular weight is 294 g/mol. The van der Waals surface area contributed by atoms with Crippen LogP contribution >= 0.6 is 0 Å². The van der Waals surface area contributed by atoms with Crippen molar-refractivity contribution in [3.63, 3.8) is 0 Å². The van der Waals surface area contributed by atoms with E-state index < -0.39 is 12.0 Å². The molecule has 1 fully saturated rings. The minimum absolute atomic E-state index is 0.322. The second-order valence-electron chi connectivity index (χ2n) is 5.71. The lowest BCUT2D eigenvalue weighted by atomic mass is 9.93. The Bertz CT molecular complexity index is 540. The molecule has 21 heavy (non-hydrogen) atoms. The smallest absolute Gasteiger partial charge is 0.326 e. The highest BCUT2D eigenvalue weighted by Crippen LogP contribution is 2.22. The Kier molecular flexibility index (Phi) is 4.50. The summed E-state index contributed by atoms with van der Waals surface area (Å²) in [5, 5.41) is 16.2. The van der Waals surface area contributed by atoms with Crippen LogP contribution in [0.25, 0.3) is 0 Å². The average Bonchev–Trinajstić information content (AvgIpc) is 2.76. The number of carboxylic acids is 1. The van der Waals surface area contributed by atoms with E-state index in [0.717, 1.165) is 17.7 Å². The van der Waals surface area contributed by atoms with Gasteiger partial charge in [-0.25, -0.2) is 9.59 Å². The number of aryl methyl sites for hydroxylation is 1. The second-order valence-corrected chi connectivity index (χ2v) is 5.71. The highest BCUT2D eigenvalue weighted by atomic mass is 16.4. The van der Waals surface area contributed by atoms with Crippen molar-refractivity contribution < 1.29 is 14.7 Å². The molecular weight excluding hydrogens is 272 g/mol. The SMILES string of the molecule is Cc1c(CNC(=O)N2CCC(C)CC2C(=O)O)cnn1C. The Morgan fingerprint density at radius 1 is 1.52 bits per heavy atom. The molecule has 2 amide bonds. The number of hydrogen-bond donors (Lipinski definition) is 2. The zero-order valence-corrected chi connectivity index (χ0v) is 12.7. The summed E-state index contributed by atoms with van der Waals surface area (Å²) < 4.78 is 1.74. The molecule has 0 saturated carbocycles. The first-order valence-corrected chi connectivity index (χ1v) is 7.15. The number of urea groups is 1. The van der Waals surface area contributed by atoms with Gasteiger partial charge in [-0.2, -0.15) is 5.10 Å². The van der Waals surface area contributed by atoms with E-state index in [-0.39, 0.29) is 6.03 Å². The summed E-state index contributed by atoms with van der Waals surface area (Å²) >= 11 is 0. The Morgan fingerprint density at radius 2 is 2.24 bits per heavy atom. The maximum Gasteiger partial charge on any atom is 0.326 e. The van der Waals surface area contributed by atoms with Crippen LogP contribution in [0.4, 0.5) is 4.79 Å². The van der Waals surface area contributed by atoms with E-state index in [1.807, 2.05) is 20.9 Å². The van der Waals surface area contributed by atoms with Gasteiger partial charge < -0.3 is 15.3 Å². The Labute approximate surface area is 123 Å². The number of rotatable bonds is 3. The first kappa shape index (κ1) is 15.3. The monoisotopic (exact) mass is 294 g/mol. The van der Waals surface area contributed by atoms with Crippen LogP contribution < -0.4 is 5.32 Å². The molecule has 0 radical (unpaired) electrons. The molecule has 0 spiro atoms. The quantitative estimate of drug-likeness (QED) is 0.874. The summed E-state index contributed by atoms with van der Waals surface area (Å²) in [4.78, 5) is 25.0. The molecule has 0 aromatic carbocycles. The molecule has 2 N–H and O–H groups in total. The molecule has 1 aromatic heterocycles. The van der Waals surface area contributed by atoms with Gasteiger partial charge in [-0.05, 0) is 25.7 Å². The molecule has 1 saturated heterocycles. The summed E-state index contributed by atoms with van der Waals surface area (Å²) in [7, 11) is 1.84. The van der Waals surface area contributed by atoms with E-state index in [1.165, 1.54) is 4.90 Å². The second kappa shape index (κ2) is 6.15. The molecule has 2 atom stereocenters. The summed E-state index contributed by atoms with van der Waals surface area (Å²) in [5.41, 5.74) is 1.92. The van der Waals surface area contributed by atoms with E-state index >= 15 is 0 Å². The summed E-state index contributed by atoms with van der Waals surface area (Å²) in [6.07, 6.45) is 3.06. The van der Waals surface area contributed by atoms with Crippen molar-refractivity contribution in [3.8, 4) is 0 Å². The third-order valence-corrected chi connectivity index (χ3v) is 4.18. The summed E-state index contributed by atoms with van der Waals surface area (Å²) in [5.74, 6) is -0.607. The van der Waals surface area contributed by atoms with Gasteiger partial charge in [0.1, 0.15) is 6.04 Å². The van der Waals surface area contributed by atoms with Crippen molar-refractivity contribution in [2.45, 2.75) is 39.3 Å². The molecule has 2 heterocycles. The number of aliphatic carboxylic acids is 1. The van der Waals surface area contributed by atoms with Gasteiger partial charge in [-0.15, -0.1) is 0 Å². The molecule has 2 unspecified atom stereocenters. The maximum atomic E-state index is 12.2. The summed E-state index contributed by atoms with van der Waals surface area (Å²) in [6.45, 7) is 4.79. The number of aromatic nitrogens is 2. The van der Waals surface area contributed by atoms with Crippen molar-refractivity contribution in [3.05, 3.63) is 17.5 Å². The van der Waals surface area contributed by atoms with Crippen LogP contribution in [0.1, 0.15) is 31.0 Å². The van der Waals surface area contributed by atoms with Gasteiger partial charge in [0.2, 0.25) is 0 Å². The number of nitrogens with zero attached hydrogens (tertiary/aromatic N) is 3. The predicted molar refractivity (Wildman–Crippen MR) is 76.7 cm³/mol. The largest absolute Gasteiger partial charge is 0.480 e. The van der Waals surface area contributed by atoms with Crippen LogP contribution in [0.2, 0.25) is 0 Å². The fourth-order valence-electron chi connectivity index (χ4n) is 2.61. The maximum absolute atomic E-state index is 12.2. The van der Waals surface area contributed by atoms with Gasteiger partial charge >= 0.3 is 12.0 Å². The van der Waals surface area contributed by atoms with Gasteiger partial charge in [0.25, 0.3) is 0 Å². The molecule has 0 aliphatic carbocycles. The number of piperidine rings is 1. The number of hydrogen-bond acceptors (Lipinski definition) is 3. The first-order chi connectivity index (χ1) is 9.90. The van der Waals surface area contributed by atoms with E-state index in [9.17, 15) is 14.7 Å². The molecule has 1 aromatic rings. The summed E-state index contributed by atoms with van der Waals surface area (Å²) in [6, 6.07) is -1.05. The van der Waals surface area contributed by atoms with E-state index in [1.54, 1.807) is 10.9 Å². The van der Waals surface area contributed by atoms with Gasteiger partial charge in [0.15, 0.2) is 0 Å². The van der Waals surface area contributed by atoms with E-state index in [0.29, 0.717) is 25.4 Å². The van der Waals surface area contributed by atoms with Crippen molar-refractivity contribution in [1.82, 2.24) is 20.0 Å². The lowest BCUT2D eigenvalue weighted by molar-refractivity contribution is -0.143. The van der Waals surface area contributed by atoms with Crippen molar-refractivity contribution in [1.29, 1.82) is 0 Å². The molecule has 2 rings (SSSR count). The van der Waals surface area contributed by atoms with Crippen LogP contribution in [0, 0.1) is 12.8 Å². The molecule has 116 valence electrons. The van der Waals surface area contributed by atoms with E-state index in [2.05, 4.69) is 10.4 Å². The van der Waals surface area contributed by atoms with E-state index in [4.69, 9.17) is 0 Å². The van der Waals surface area contributed by atoms with Crippen molar-refractivity contribution in [2.75, 3.05) is 6.54 Å². The zero-order valence-electron chi connectivity index (χ0n) is 12.7. The number of amides is 2. The molecule has 0 bridgehead atoms. The van der Waals surface area contributed by atoms with Crippen LogP contribution in [0.3, 0.4) is 0 Å². The minimum Gasteiger partial charge on any atom is -0.480 e. The normalized spacial score (nSPS) is 22.1. The van der Waals surface area contributed by atoms with Gasteiger partial charge in [-0.3, -0.25) is 4.68 Å². The standard InChI is InChI=1S/C14H22N4O3/c1-9-4-5-18(12(6-9)13(19)20)14(21)15-7-11-8-16-17(3)10(11)2/h8-9,12H,4-7H2,1-3H3,(H,15,21)(H,19,20). The highest BCUT2D eigenvalue weighted by Gasteiger charge is 2.34. The molecule has 1 aliphatic rings. The number of nitrogens with one attached hydrogen (secondary N) is 1. The predicted octanol–water partition coefficient (Wildman–Crippen LogP) is 1.12. The lowest BCUT2D eigenvalue weighted by Gasteiger charge is -2.35. The molecular formula is C14H22N4O3. The topological polar surface area (TPSA) is 87.5 Å². The number of likely N-dealkylation sites (tertiary alicyclic amines) is 1. The van der Waals surface area contributed by atoms with Crippen LogP contribution in [0.5, 0.6) is 0 Å². The Morgan fingerprint density at radius 3 is 2.81 bits per heavy atom. The molecule has 7 heteroatoms. The zero-order chi connectivity index (χ0) is 15.6. The third-order valence-electron chi connectivity index (χ3n) is 4.18. The Balaban J connectivity index is 1.98. The van der Waals surface area contributed by atoms with Gasteiger partial charge in [0, 0.05) is 31.4 Å². The number of carboxylic acid groups (broad SMARTS) is 1.